The van der Waals surface area contributed by atoms with Gasteiger partial charge >= 0.3 is 0 Å². The van der Waals surface area contributed by atoms with E-state index in [4.69, 9.17) is 0 Å². The summed E-state index contributed by atoms with van der Waals surface area (Å²) in [6, 6.07) is 0. The molecule has 3 nitrogen and oxygen atoms in total. The van der Waals surface area contributed by atoms with Crippen molar-refractivity contribution in [1.29, 1.82) is 0 Å². The minimum absolute atomic E-state index is 0.901. The summed E-state index contributed by atoms with van der Waals surface area (Å²) in [7, 11) is 0. The lowest BCUT2D eigenvalue weighted by atomic mass is 10.5. The topological polar surface area (TPSA) is 18.8 Å². The molecule has 0 saturated carbocycles. The van der Waals surface area contributed by atoms with Crippen molar-refractivity contribution in [3.05, 3.63) is 12.4 Å². The van der Waals surface area contributed by atoms with Gasteiger partial charge in [-0.2, -0.15) is 0 Å². The Kier molecular flexibility index (Phi) is 3.11. The third-order valence-corrected chi connectivity index (χ3v) is 1.79. The zero-order valence-electron chi connectivity index (χ0n) is 7.20. The van der Waals surface area contributed by atoms with Gasteiger partial charge in [-0.15, -0.1) is 0 Å². The molecule has 1 aliphatic heterocycles. The molecule has 0 aromatic rings. The highest BCUT2D eigenvalue weighted by Gasteiger charge is 2.06. The number of nitrogens with zero attached hydrogens (tertiary/aromatic N) is 3. The number of hydrogen-bond donors (Lipinski definition) is 0. The van der Waals surface area contributed by atoms with Crippen LogP contribution in [-0.2, 0) is 0 Å². The molecule has 0 fully saturated rings. The van der Waals surface area contributed by atoms with Gasteiger partial charge in [0.1, 0.15) is 0 Å². The molecule has 0 atom stereocenters. The summed E-state index contributed by atoms with van der Waals surface area (Å²) in [5.74, 6) is 0. The predicted molar refractivity (Wildman–Crippen MR) is 47.3 cm³/mol. The van der Waals surface area contributed by atoms with Crippen LogP contribution in [0.5, 0.6) is 0 Å². The monoisotopic (exact) mass is 153 g/mol. The van der Waals surface area contributed by atoms with Gasteiger partial charge in [-0.25, -0.2) is 5.01 Å². The maximum absolute atomic E-state index is 4.00. The minimum Gasteiger partial charge on any atom is -0.306 e. The number of hydrazine groups is 1. The van der Waals surface area contributed by atoms with E-state index in [9.17, 15) is 0 Å². The van der Waals surface area contributed by atoms with E-state index in [-0.39, 0.29) is 0 Å². The summed E-state index contributed by atoms with van der Waals surface area (Å²) in [5, 5.41) is 4.44. The summed E-state index contributed by atoms with van der Waals surface area (Å²) in [6.45, 7) is 7.31. The molecule has 0 aliphatic carbocycles. The zero-order chi connectivity index (χ0) is 8.10. The van der Waals surface area contributed by atoms with Crippen molar-refractivity contribution in [2.45, 2.75) is 13.8 Å². The van der Waals surface area contributed by atoms with Gasteiger partial charge < -0.3 is 5.01 Å². The fourth-order valence-electron chi connectivity index (χ4n) is 1.16. The lowest BCUT2D eigenvalue weighted by Crippen LogP contribution is -2.40. The maximum atomic E-state index is 4.00. The van der Waals surface area contributed by atoms with Crippen LogP contribution in [0, 0.1) is 0 Å². The van der Waals surface area contributed by atoms with Crippen LogP contribution >= 0.6 is 0 Å². The first kappa shape index (κ1) is 8.27. The highest BCUT2D eigenvalue weighted by molar-refractivity contribution is 5.61. The van der Waals surface area contributed by atoms with Gasteiger partial charge in [0.2, 0.25) is 0 Å². The molecule has 3 heteroatoms. The van der Waals surface area contributed by atoms with E-state index in [0.717, 1.165) is 19.6 Å². The summed E-state index contributed by atoms with van der Waals surface area (Å²) >= 11 is 0. The number of aliphatic imine (C=N–C) groups is 1. The van der Waals surface area contributed by atoms with Crippen LogP contribution < -0.4 is 0 Å². The van der Waals surface area contributed by atoms with Crippen molar-refractivity contribution in [2.75, 3.05) is 19.6 Å². The summed E-state index contributed by atoms with van der Waals surface area (Å²) in [5.41, 5.74) is 0. The molecule has 1 aliphatic rings. The molecule has 0 bridgehead atoms. The molecule has 0 spiro atoms. The Hall–Kier alpha value is -0.830. The number of hydrogen-bond acceptors (Lipinski definition) is 3. The lowest BCUT2D eigenvalue weighted by Gasteiger charge is -2.31. The predicted octanol–water partition coefficient (Wildman–Crippen LogP) is 1.10. The van der Waals surface area contributed by atoms with E-state index in [1.165, 1.54) is 0 Å². The summed E-state index contributed by atoms with van der Waals surface area (Å²) in [4.78, 5) is 4.00. The first-order valence-electron chi connectivity index (χ1n) is 4.08. The fraction of sp³-hybridized carbons (Fsp3) is 0.625. The lowest BCUT2D eigenvalue weighted by molar-refractivity contribution is 0.0481. The van der Waals surface area contributed by atoms with E-state index in [0.29, 0.717) is 0 Å². The fourth-order valence-corrected chi connectivity index (χ4v) is 1.16. The SMILES string of the molecule is CCN(CC)N1C=CN=CC1. The van der Waals surface area contributed by atoms with Crippen LogP contribution in [0.1, 0.15) is 13.8 Å². The highest BCUT2D eigenvalue weighted by atomic mass is 15.6. The van der Waals surface area contributed by atoms with Crippen molar-refractivity contribution >= 4 is 6.21 Å². The summed E-state index contributed by atoms with van der Waals surface area (Å²) in [6.07, 6.45) is 5.74. The molecule has 0 aromatic heterocycles. The molecule has 62 valence electrons. The molecule has 11 heavy (non-hydrogen) atoms. The van der Waals surface area contributed by atoms with Gasteiger partial charge in [-0.05, 0) is 0 Å². The largest absolute Gasteiger partial charge is 0.306 e. The third-order valence-electron chi connectivity index (χ3n) is 1.79. The molecule has 0 aromatic carbocycles. The smallest absolute Gasteiger partial charge is 0.0693 e. The Morgan fingerprint density at radius 3 is 2.64 bits per heavy atom. The molecule has 0 unspecified atom stereocenters. The van der Waals surface area contributed by atoms with Gasteiger partial charge in [-0.3, -0.25) is 4.99 Å². The van der Waals surface area contributed by atoms with Crippen LogP contribution in [-0.4, -0.2) is 35.9 Å². The molecule has 0 amide bonds. The number of rotatable bonds is 3. The van der Waals surface area contributed by atoms with Crippen LogP contribution in [0.2, 0.25) is 0 Å². The van der Waals surface area contributed by atoms with Crippen LogP contribution in [0.4, 0.5) is 0 Å². The van der Waals surface area contributed by atoms with Gasteiger partial charge in [0.05, 0.1) is 6.54 Å². The first-order chi connectivity index (χ1) is 5.38. The molecular weight excluding hydrogens is 138 g/mol. The Labute approximate surface area is 68.0 Å². The van der Waals surface area contributed by atoms with Crippen LogP contribution in [0.25, 0.3) is 0 Å². The van der Waals surface area contributed by atoms with E-state index in [2.05, 4.69) is 28.9 Å². The first-order valence-corrected chi connectivity index (χ1v) is 4.08. The molecule has 0 saturated heterocycles. The zero-order valence-corrected chi connectivity index (χ0v) is 7.20. The normalized spacial score (nSPS) is 16.5. The maximum Gasteiger partial charge on any atom is 0.0693 e. The van der Waals surface area contributed by atoms with Gasteiger partial charge in [0, 0.05) is 31.7 Å². The highest BCUT2D eigenvalue weighted by Crippen LogP contribution is 2.00. The summed E-state index contributed by atoms with van der Waals surface area (Å²) < 4.78 is 0. The second-order valence-electron chi connectivity index (χ2n) is 2.39. The second kappa shape index (κ2) is 4.13. The average molecular weight is 153 g/mol. The van der Waals surface area contributed by atoms with E-state index in [1.54, 1.807) is 0 Å². The molecule has 0 radical (unpaired) electrons. The average Bonchev–Trinajstić information content (AvgIpc) is 2.09. The third kappa shape index (κ3) is 2.05. The minimum atomic E-state index is 0.901. The second-order valence-corrected chi connectivity index (χ2v) is 2.39. The van der Waals surface area contributed by atoms with Crippen LogP contribution in [0.15, 0.2) is 17.4 Å². The Morgan fingerprint density at radius 1 is 1.45 bits per heavy atom. The van der Waals surface area contributed by atoms with Gasteiger partial charge in [0.25, 0.3) is 0 Å². The van der Waals surface area contributed by atoms with E-state index >= 15 is 0 Å². The molecule has 1 heterocycles. The van der Waals surface area contributed by atoms with Gasteiger partial charge in [-0.1, -0.05) is 13.8 Å². The Balaban J connectivity index is 2.45. The van der Waals surface area contributed by atoms with E-state index in [1.807, 2.05) is 18.6 Å². The standard InChI is InChI=1S/C8H15N3/c1-3-10(4-2)11-7-5-9-6-8-11/h5-7H,3-4,8H2,1-2H3. The Morgan fingerprint density at radius 2 is 2.18 bits per heavy atom. The van der Waals surface area contributed by atoms with Crippen LogP contribution in [0.3, 0.4) is 0 Å². The Bertz CT molecular complexity index is 159. The molecule has 0 N–H and O–H groups in total. The van der Waals surface area contributed by atoms with Crippen molar-refractivity contribution in [3.8, 4) is 0 Å². The van der Waals surface area contributed by atoms with Crippen molar-refractivity contribution in [1.82, 2.24) is 10.0 Å². The van der Waals surface area contributed by atoms with Crippen molar-refractivity contribution < 1.29 is 0 Å². The van der Waals surface area contributed by atoms with Gasteiger partial charge in [0.15, 0.2) is 0 Å². The van der Waals surface area contributed by atoms with Crippen molar-refractivity contribution in [2.24, 2.45) is 4.99 Å². The van der Waals surface area contributed by atoms with E-state index < -0.39 is 0 Å². The van der Waals surface area contributed by atoms with Crippen molar-refractivity contribution in [3.63, 3.8) is 0 Å². The quantitative estimate of drug-likeness (QED) is 0.604. The molecule has 1 rings (SSSR count). The molecular formula is C8H15N3.